The van der Waals surface area contributed by atoms with Gasteiger partial charge < -0.3 is 9.80 Å². The van der Waals surface area contributed by atoms with E-state index in [0.717, 1.165) is 54.3 Å². The van der Waals surface area contributed by atoms with Crippen LogP contribution in [0.25, 0.3) is 22.5 Å². The SMILES string of the molecule is Clc1ccc(-c2ncc(N3CCC(N4CCC(c5ccccc5)CC4)CC3)nc2-c2ccc(Cl)cc2)cc1. The monoisotopic (exact) mass is 542 g/mol. The molecule has 0 amide bonds. The molecule has 0 spiro atoms. The summed E-state index contributed by atoms with van der Waals surface area (Å²) in [5, 5.41) is 1.42. The topological polar surface area (TPSA) is 32.3 Å². The van der Waals surface area contributed by atoms with Crippen molar-refractivity contribution in [1.82, 2.24) is 14.9 Å². The van der Waals surface area contributed by atoms with Crippen LogP contribution in [0.15, 0.2) is 85.1 Å². The van der Waals surface area contributed by atoms with Crippen molar-refractivity contribution in [3.63, 3.8) is 0 Å². The standard InChI is InChI=1S/C32H32Cl2N4/c33-27-10-6-25(7-11-27)31-32(26-8-12-28(34)13-9-26)36-30(22-35-31)38-20-16-29(17-21-38)37-18-14-24(15-19-37)23-4-2-1-3-5-23/h1-13,22,24,29H,14-21H2. The molecule has 0 N–H and O–H groups in total. The van der Waals surface area contributed by atoms with Crippen LogP contribution in [0.4, 0.5) is 5.82 Å². The first-order valence-electron chi connectivity index (χ1n) is 13.6. The molecule has 0 unspecified atom stereocenters. The maximum absolute atomic E-state index is 6.18. The zero-order valence-corrected chi connectivity index (χ0v) is 23.0. The molecule has 0 radical (unpaired) electrons. The first-order chi connectivity index (χ1) is 18.6. The van der Waals surface area contributed by atoms with Gasteiger partial charge in [-0.15, -0.1) is 0 Å². The summed E-state index contributed by atoms with van der Waals surface area (Å²) in [5.74, 6) is 1.64. The summed E-state index contributed by atoms with van der Waals surface area (Å²) in [5.41, 5.74) is 5.22. The van der Waals surface area contributed by atoms with Crippen LogP contribution in [0.3, 0.4) is 0 Å². The average Bonchev–Trinajstić information content (AvgIpc) is 2.98. The molecular formula is C32H32Cl2N4. The van der Waals surface area contributed by atoms with Crippen LogP contribution in [-0.2, 0) is 0 Å². The second kappa shape index (κ2) is 11.4. The molecule has 6 rings (SSSR count). The van der Waals surface area contributed by atoms with Gasteiger partial charge in [-0.25, -0.2) is 4.98 Å². The lowest BCUT2D eigenvalue weighted by molar-refractivity contribution is 0.131. The van der Waals surface area contributed by atoms with Gasteiger partial charge in [0.25, 0.3) is 0 Å². The zero-order chi connectivity index (χ0) is 25.9. The molecule has 3 aromatic carbocycles. The predicted octanol–water partition coefficient (Wildman–Crippen LogP) is 7.97. The Morgan fingerprint density at radius 3 is 1.82 bits per heavy atom. The van der Waals surface area contributed by atoms with Gasteiger partial charge in [-0.05, 0) is 74.5 Å². The van der Waals surface area contributed by atoms with Gasteiger partial charge in [-0.3, -0.25) is 4.98 Å². The van der Waals surface area contributed by atoms with E-state index in [1.54, 1.807) is 0 Å². The molecule has 2 aliphatic heterocycles. The Balaban J connectivity index is 1.16. The molecule has 6 heteroatoms. The number of piperidine rings is 2. The lowest BCUT2D eigenvalue weighted by Gasteiger charge is -2.42. The maximum Gasteiger partial charge on any atom is 0.147 e. The van der Waals surface area contributed by atoms with Crippen LogP contribution in [0.1, 0.15) is 37.2 Å². The fraction of sp³-hybridized carbons (Fsp3) is 0.312. The maximum atomic E-state index is 6.18. The number of hydrogen-bond donors (Lipinski definition) is 0. The number of nitrogens with zero attached hydrogens (tertiary/aromatic N) is 4. The molecule has 3 heterocycles. The number of rotatable bonds is 5. The van der Waals surface area contributed by atoms with E-state index < -0.39 is 0 Å². The van der Waals surface area contributed by atoms with Crippen molar-refractivity contribution in [1.29, 1.82) is 0 Å². The molecule has 0 atom stereocenters. The normalized spacial score (nSPS) is 17.6. The minimum Gasteiger partial charge on any atom is -0.355 e. The number of likely N-dealkylation sites (tertiary alicyclic amines) is 1. The van der Waals surface area contributed by atoms with E-state index in [0.29, 0.717) is 22.0 Å². The van der Waals surface area contributed by atoms with E-state index in [1.807, 2.05) is 54.7 Å². The van der Waals surface area contributed by atoms with Crippen molar-refractivity contribution in [2.24, 2.45) is 0 Å². The highest BCUT2D eigenvalue weighted by atomic mass is 35.5. The fourth-order valence-corrected chi connectivity index (χ4v) is 6.20. The van der Waals surface area contributed by atoms with Crippen molar-refractivity contribution in [2.75, 3.05) is 31.1 Å². The number of hydrogen-bond acceptors (Lipinski definition) is 4. The van der Waals surface area contributed by atoms with E-state index in [2.05, 4.69) is 40.1 Å². The smallest absolute Gasteiger partial charge is 0.147 e. The molecule has 194 valence electrons. The van der Waals surface area contributed by atoms with Crippen molar-refractivity contribution in [2.45, 2.75) is 37.6 Å². The molecule has 0 aliphatic carbocycles. The van der Waals surface area contributed by atoms with Crippen molar-refractivity contribution in [3.8, 4) is 22.5 Å². The van der Waals surface area contributed by atoms with Crippen LogP contribution < -0.4 is 4.90 Å². The van der Waals surface area contributed by atoms with Gasteiger partial charge >= 0.3 is 0 Å². The Bertz CT molecular complexity index is 1340. The summed E-state index contributed by atoms with van der Waals surface area (Å²) in [6, 6.07) is 27.3. The summed E-state index contributed by atoms with van der Waals surface area (Å²) >= 11 is 12.3. The highest BCUT2D eigenvalue weighted by Gasteiger charge is 2.29. The summed E-state index contributed by atoms with van der Waals surface area (Å²) in [4.78, 5) is 15.2. The Hall–Kier alpha value is -2.92. The summed E-state index contributed by atoms with van der Waals surface area (Å²) in [6.07, 6.45) is 6.76. The second-order valence-electron chi connectivity index (χ2n) is 10.4. The van der Waals surface area contributed by atoms with Crippen molar-refractivity contribution < 1.29 is 0 Å². The van der Waals surface area contributed by atoms with Crippen LogP contribution in [0.2, 0.25) is 10.0 Å². The van der Waals surface area contributed by atoms with Gasteiger partial charge in [0.1, 0.15) is 5.82 Å². The van der Waals surface area contributed by atoms with Crippen molar-refractivity contribution in [3.05, 3.63) is 101 Å². The quantitative estimate of drug-likeness (QED) is 0.256. The highest BCUT2D eigenvalue weighted by Crippen LogP contribution is 2.34. The first kappa shape index (κ1) is 25.4. The largest absolute Gasteiger partial charge is 0.355 e. The average molecular weight is 544 g/mol. The lowest BCUT2D eigenvalue weighted by Crippen LogP contribution is -2.47. The van der Waals surface area contributed by atoms with Gasteiger partial charge in [0.05, 0.1) is 17.6 Å². The zero-order valence-electron chi connectivity index (χ0n) is 21.4. The molecule has 4 nitrogen and oxygen atoms in total. The van der Waals surface area contributed by atoms with Gasteiger partial charge in [0, 0.05) is 40.3 Å². The van der Waals surface area contributed by atoms with Gasteiger partial charge in [0.15, 0.2) is 0 Å². The number of halogens is 2. The highest BCUT2D eigenvalue weighted by molar-refractivity contribution is 6.31. The summed E-state index contributed by atoms with van der Waals surface area (Å²) < 4.78 is 0. The Morgan fingerprint density at radius 1 is 0.632 bits per heavy atom. The molecule has 2 fully saturated rings. The molecule has 38 heavy (non-hydrogen) atoms. The number of anilines is 1. The first-order valence-corrected chi connectivity index (χ1v) is 14.3. The molecule has 4 aromatic rings. The van der Waals surface area contributed by atoms with E-state index in [1.165, 1.54) is 31.5 Å². The van der Waals surface area contributed by atoms with E-state index in [-0.39, 0.29) is 0 Å². The van der Waals surface area contributed by atoms with Crippen molar-refractivity contribution >= 4 is 29.0 Å². The number of benzene rings is 3. The summed E-state index contributed by atoms with van der Waals surface area (Å²) in [6.45, 7) is 4.39. The minimum atomic E-state index is 0.653. The molecular weight excluding hydrogens is 511 g/mol. The predicted molar refractivity (Wildman–Crippen MR) is 158 cm³/mol. The summed E-state index contributed by atoms with van der Waals surface area (Å²) in [7, 11) is 0. The Kier molecular flexibility index (Phi) is 7.64. The Morgan fingerprint density at radius 2 is 1.21 bits per heavy atom. The lowest BCUT2D eigenvalue weighted by atomic mass is 9.88. The fourth-order valence-electron chi connectivity index (χ4n) is 5.94. The molecule has 1 aromatic heterocycles. The molecule has 0 bridgehead atoms. The second-order valence-corrected chi connectivity index (χ2v) is 11.3. The third-order valence-corrected chi connectivity index (χ3v) is 8.60. The van der Waals surface area contributed by atoms with Crippen LogP contribution in [-0.4, -0.2) is 47.1 Å². The third-order valence-electron chi connectivity index (χ3n) is 8.10. The Labute approximate surface area is 235 Å². The van der Waals surface area contributed by atoms with E-state index >= 15 is 0 Å². The molecule has 2 saturated heterocycles. The van der Waals surface area contributed by atoms with Crippen LogP contribution in [0.5, 0.6) is 0 Å². The van der Waals surface area contributed by atoms with Gasteiger partial charge in [0.2, 0.25) is 0 Å². The third kappa shape index (κ3) is 5.58. The van der Waals surface area contributed by atoms with Gasteiger partial charge in [-0.1, -0.05) is 77.8 Å². The molecule has 2 aliphatic rings. The van der Waals surface area contributed by atoms with Gasteiger partial charge in [-0.2, -0.15) is 0 Å². The van der Waals surface area contributed by atoms with Crippen LogP contribution >= 0.6 is 23.2 Å². The van der Waals surface area contributed by atoms with E-state index in [4.69, 9.17) is 33.2 Å². The molecule has 0 saturated carbocycles. The van der Waals surface area contributed by atoms with Crippen LogP contribution in [0, 0.1) is 0 Å². The number of aromatic nitrogens is 2. The van der Waals surface area contributed by atoms with E-state index in [9.17, 15) is 0 Å². The minimum absolute atomic E-state index is 0.653.